The number of carbonyl (C=O) groups excluding carboxylic acids is 2. The molecule has 2 saturated heterocycles. The monoisotopic (exact) mass is 298 g/mol. The van der Waals surface area contributed by atoms with Crippen LogP contribution in [0, 0.1) is 0 Å². The lowest BCUT2D eigenvalue weighted by Crippen LogP contribution is -2.53. The number of hydrogen-bond donors (Lipinski definition) is 1. The number of fused-ring (bicyclic) bond motifs is 2. The fourth-order valence-corrected chi connectivity index (χ4v) is 3.48. The Hall–Kier alpha value is -2.37. The molecule has 22 heavy (non-hydrogen) atoms. The van der Waals surface area contributed by atoms with Gasteiger partial charge in [0, 0.05) is 37.5 Å². The maximum absolute atomic E-state index is 12.5. The molecule has 1 aromatic heterocycles. The van der Waals surface area contributed by atoms with Crippen molar-refractivity contribution in [2.45, 2.75) is 25.3 Å². The van der Waals surface area contributed by atoms with Crippen LogP contribution >= 0.6 is 0 Å². The van der Waals surface area contributed by atoms with Gasteiger partial charge in [-0.1, -0.05) is 6.07 Å². The number of aromatic nitrogens is 2. The molecule has 1 aromatic carbocycles. The molecule has 1 unspecified atom stereocenters. The van der Waals surface area contributed by atoms with Crippen LogP contribution in [-0.4, -0.2) is 57.5 Å². The Bertz CT molecular complexity index is 739. The summed E-state index contributed by atoms with van der Waals surface area (Å²) in [6.45, 7) is 2.00. The van der Waals surface area contributed by atoms with E-state index in [-0.39, 0.29) is 17.9 Å². The molecular formula is C16H18N4O2. The number of carbonyl (C=O) groups is 2. The van der Waals surface area contributed by atoms with Crippen LogP contribution < -0.4 is 0 Å². The molecule has 0 spiro atoms. The minimum Gasteiger partial charge on any atom is -0.339 e. The zero-order valence-electron chi connectivity index (χ0n) is 12.3. The number of hydrogen-bond acceptors (Lipinski definition) is 3. The van der Waals surface area contributed by atoms with Gasteiger partial charge in [-0.25, -0.2) is 0 Å². The largest absolute Gasteiger partial charge is 0.339 e. The Morgan fingerprint density at radius 2 is 2.27 bits per heavy atom. The fraction of sp³-hybridized carbons (Fsp3) is 0.438. The Morgan fingerprint density at radius 1 is 1.36 bits per heavy atom. The third-order valence-corrected chi connectivity index (χ3v) is 4.71. The Morgan fingerprint density at radius 3 is 3.18 bits per heavy atom. The van der Waals surface area contributed by atoms with E-state index in [0.29, 0.717) is 32.5 Å². The van der Waals surface area contributed by atoms with Crippen LogP contribution in [0.4, 0.5) is 0 Å². The maximum Gasteiger partial charge on any atom is 0.227 e. The first-order valence-electron chi connectivity index (χ1n) is 7.70. The molecule has 6 nitrogen and oxygen atoms in total. The van der Waals surface area contributed by atoms with Crippen molar-refractivity contribution < 1.29 is 9.59 Å². The predicted octanol–water partition coefficient (Wildman–Crippen LogP) is 0.939. The predicted molar refractivity (Wildman–Crippen MR) is 81.1 cm³/mol. The number of rotatable bonds is 2. The first kappa shape index (κ1) is 13.3. The van der Waals surface area contributed by atoms with E-state index < -0.39 is 0 Å². The van der Waals surface area contributed by atoms with E-state index in [9.17, 15) is 9.59 Å². The molecule has 3 heterocycles. The normalized spacial score (nSPS) is 21.5. The summed E-state index contributed by atoms with van der Waals surface area (Å²) >= 11 is 0. The number of benzene rings is 1. The quantitative estimate of drug-likeness (QED) is 0.897. The summed E-state index contributed by atoms with van der Waals surface area (Å²) in [7, 11) is 0. The lowest BCUT2D eigenvalue weighted by Gasteiger charge is -2.37. The molecule has 0 bridgehead atoms. The smallest absolute Gasteiger partial charge is 0.227 e. The molecule has 2 aliphatic heterocycles. The highest BCUT2D eigenvalue weighted by Crippen LogP contribution is 2.23. The second-order valence-corrected chi connectivity index (χ2v) is 6.09. The van der Waals surface area contributed by atoms with Gasteiger partial charge in [-0.2, -0.15) is 5.10 Å². The number of nitrogens with zero attached hydrogens (tertiary/aromatic N) is 3. The van der Waals surface area contributed by atoms with Crippen LogP contribution in [0.1, 0.15) is 18.4 Å². The van der Waals surface area contributed by atoms with Crippen molar-refractivity contribution in [2.24, 2.45) is 0 Å². The molecule has 1 N–H and O–H groups in total. The molecule has 1 atom stereocenters. The van der Waals surface area contributed by atoms with Gasteiger partial charge in [0.2, 0.25) is 11.8 Å². The lowest BCUT2D eigenvalue weighted by atomic mass is 10.1. The molecule has 2 aromatic rings. The average Bonchev–Trinajstić information content (AvgIpc) is 3.13. The van der Waals surface area contributed by atoms with Crippen molar-refractivity contribution in [3.05, 3.63) is 30.0 Å². The number of H-pyrrole nitrogens is 1. The standard InChI is InChI=1S/C16H18N4O2/c21-15-4-2-13-10-19(5-6-20(13)15)16(22)8-11-1-3-14-12(7-11)9-17-18-14/h1,3,7,9,13H,2,4-6,8,10H2,(H,17,18). The second kappa shape index (κ2) is 5.12. The van der Waals surface area contributed by atoms with E-state index in [2.05, 4.69) is 10.2 Å². The molecule has 4 rings (SSSR count). The number of amides is 2. The van der Waals surface area contributed by atoms with Crippen LogP contribution in [0.25, 0.3) is 10.9 Å². The van der Waals surface area contributed by atoms with Gasteiger partial charge < -0.3 is 9.80 Å². The van der Waals surface area contributed by atoms with Crippen molar-refractivity contribution in [2.75, 3.05) is 19.6 Å². The van der Waals surface area contributed by atoms with Crippen molar-refractivity contribution in [3.8, 4) is 0 Å². The zero-order valence-corrected chi connectivity index (χ0v) is 12.3. The van der Waals surface area contributed by atoms with Gasteiger partial charge in [-0.05, 0) is 24.1 Å². The first-order valence-corrected chi connectivity index (χ1v) is 7.70. The van der Waals surface area contributed by atoms with E-state index in [4.69, 9.17) is 0 Å². The highest BCUT2D eigenvalue weighted by Gasteiger charge is 2.36. The van der Waals surface area contributed by atoms with E-state index in [1.54, 1.807) is 6.20 Å². The van der Waals surface area contributed by atoms with Crippen molar-refractivity contribution in [1.82, 2.24) is 20.0 Å². The molecule has 0 aliphatic carbocycles. The van der Waals surface area contributed by atoms with Gasteiger partial charge in [0.05, 0.1) is 18.1 Å². The van der Waals surface area contributed by atoms with Gasteiger partial charge in [-0.15, -0.1) is 0 Å². The van der Waals surface area contributed by atoms with Crippen molar-refractivity contribution in [1.29, 1.82) is 0 Å². The molecule has 2 fully saturated rings. The molecule has 0 radical (unpaired) electrons. The molecule has 2 aliphatic rings. The Balaban J connectivity index is 1.44. The topological polar surface area (TPSA) is 69.3 Å². The molecule has 0 saturated carbocycles. The summed E-state index contributed by atoms with van der Waals surface area (Å²) in [5.41, 5.74) is 1.98. The summed E-state index contributed by atoms with van der Waals surface area (Å²) in [4.78, 5) is 28.0. The van der Waals surface area contributed by atoms with Gasteiger partial charge in [-0.3, -0.25) is 14.7 Å². The zero-order chi connectivity index (χ0) is 15.1. The average molecular weight is 298 g/mol. The van der Waals surface area contributed by atoms with Gasteiger partial charge in [0.25, 0.3) is 0 Å². The van der Waals surface area contributed by atoms with Gasteiger partial charge in [0.1, 0.15) is 0 Å². The van der Waals surface area contributed by atoms with Crippen LogP contribution in [0.2, 0.25) is 0 Å². The molecular weight excluding hydrogens is 280 g/mol. The van der Waals surface area contributed by atoms with Gasteiger partial charge in [0.15, 0.2) is 0 Å². The summed E-state index contributed by atoms with van der Waals surface area (Å²) in [5.74, 6) is 0.379. The number of aromatic amines is 1. The van der Waals surface area contributed by atoms with Crippen LogP contribution in [0.3, 0.4) is 0 Å². The van der Waals surface area contributed by atoms with E-state index in [1.165, 1.54) is 0 Å². The van der Waals surface area contributed by atoms with Crippen molar-refractivity contribution in [3.63, 3.8) is 0 Å². The second-order valence-electron chi connectivity index (χ2n) is 6.09. The van der Waals surface area contributed by atoms with E-state index in [0.717, 1.165) is 22.9 Å². The highest BCUT2D eigenvalue weighted by atomic mass is 16.2. The minimum atomic E-state index is 0.141. The summed E-state index contributed by atoms with van der Waals surface area (Å²) < 4.78 is 0. The summed E-state index contributed by atoms with van der Waals surface area (Å²) in [6.07, 6.45) is 3.68. The van der Waals surface area contributed by atoms with E-state index >= 15 is 0 Å². The molecule has 6 heteroatoms. The molecule has 2 amide bonds. The fourth-order valence-electron chi connectivity index (χ4n) is 3.48. The Labute approximate surface area is 128 Å². The summed E-state index contributed by atoms with van der Waals surface area (Å²) in [5, 5.41) is 7.93. The van der Waals surface area contributed by atoms with Crippen molar-refractivity contribution >= 4 is 22.7 Å². The van der Waals surface area contributed by atoms with Crippen LogP contribution in [-0.2, 0) is 16.0 Å². The first-order chi connectivity index (χ1) is 10.7. The van der Waals surface area contributed by atoms with E-state index in [1.807, 2.05) is 28.0 Å². The highest BCUT2D eigenvalue weighted by molar-refractivity contribution is 5.84. The van der Waals surface area contributed by atoms with Crippen LogP contribution in [0.5, 0.6) is 0 Å². The molecule has 114 valence electrons. The third kappa shape index (κ3) is 2.24. The summed E-state index contributed by atoms with van der Waals surface area (Å²) in [6, 6.07) is 6.15. The van der Waals surface area contributed by atoms with Crippen LogP contribution in [0.15, 0.2) is 24.4 Å². The lowest BCUT2D eigenvalue weighted by molar-refractivity contribution is -0.138. The SMILES string of the molecule is O=C(Cc1ccc2[nH]ncc2c1)N1CCN2C(=O)CCC2C1. The number of piperazine rings is 1. The van der Waals surface area contributed by atoms with Gasteiger partial charge >= 0.3 is 0 Å². The third-order valence-electron chi connectivity index (χ3n) is 4.71. The minimum absolute atomic E-state index is 0.141. The number of nitrogens with one attached hydrogen (secondary N) is 1. The maximum atomic E-state index is 12.5. The Kier molecular flexibility index (Phi) is 3.10.